The molecule has 0 radical (unpaired) electrons. The second-order valence-electron chi connectivity index (χ2n) is 4.47. The van der Waals surface area contributed by atoms with Crippen LogP contribution in [0.1, 0.15) is 33.1 Å². The summed E-state index contributed by atoms with van der Waals surface area (Å²) in [5.41, 5.74) is 5.68. The zero-order valence-corrected chi connectivity index (χ0v) is 10.2. The van der Waals surface area contributed by atoms with Gasteiger partial charge in [-0.15, -0.1) is 0 Å². The lowest BCUT2D eigenvalue weighted by Crippen LogP contribution is -2.42. The third kappa shape index (κ3) is 4.49. The van der Waals surface area contributed by atoms with Crippen molar-refractivity contribution in [1.82, 2.24) is 4.90 Å². The van der Waals surface area contributed by atoms with E-state index in [2.05, 4.69) is 11.8 Å². The second-order valence-corrected chi connectivity index (χ2v) is 4.47. The summed E-state index contributed by atoms with van der Waals surface area (Å²) in [6, 6.07) is 0. The molecule has 1 heterocycles. The van der Waals surface area contributed by atoms with E-state index >= 15 is 0 Å². The van der Waals surface area contributed by atoms with Crippen LogP contribution in [0.25, 0.3) is 0 Å². The van der Waals surface area contributed by atoms with E-state index in [9.17, 15) is 0 Å². The molecule has 0 aliphatic carbocycles. The van der Waals surface area contributed by atoms with Gasteiger partial charge in [0.05, 0.1) is 6.10 Å². The number of nitrogens with zero attached hydrogens (tertiary/aromatic N) is 1. The number of likely N-dealkylation sites (tertiary alicyclic amines) is 1. The average Bonchev–Trinajstić information content (AvgIpc) is 2.29. The zero-order chi connectivity index (χ0) is 11.1. The first-order valence-corrected chi connectivity index (χ1v) is 6.34. The molecule has 0 amide bonds. The Hall–Kier alpha value is -0.120. The lowest BCUT2D eigenvalue weighted by molar-refractivity contribution is 0.0299. The summed E-state index contributed by atoms with van der Waals surface area (Å²) < 4.78 is 5.58. The summed E-state index contributed by atoms with van der Waals surface area (Å²) >= 11 is 0. The second kappa shape index (κ2) is 7.20. The maximum absolute atomic E-state index is 5.68. The van der Waals surface area contributed by atoms with Crippen molar-refractivity contribution in [1.29, 1.82) is 0 Å². The Balaban J connectivity index is 2.21. The standard InChI is InChI=1S/C12H26N2O/c1-3-11-5-7-14(8-6-11)10-12(9-13)15-4-2/h11-12H,3-10,13H2,1-2H3. The van der Waals surface area contributed by atoms with Crippen molar-refractivity contribution in [2.24, 2.45) is 11.7 Å². The Morgan fingerprint density at radius 1 is 1.33 bits per heavy atom. The highest BCUT2D eigenvalue weighted by atomic mass is 16.5. The summed E-state index contributed by atoms with van der Waals surface area (Å²) in [5.74, 6) is 0.949. The van der Waals surface area contributed by atoms with Crippen molar-refractivity contribution in [3.05, 3.63) is 0 Å². The molecule has 0 spiro atoms. The molecular formula is C12H26N2O. The molecule has 1 rings (SSSR count). The molecule has 0 aromatic heterocycles. The van der Waals surface area contributed by atoms with E-state index < -0.39 is 0 Å². The number of hydrogen-bond acceptors (Lipinski definition) is 3. The molecule has 1 saturated heterocycles. The molecule has 2 N–H and O–H groups in total. The fraction of sp³-hybridized carbons (Fsp3) is 1.00. The summed E-state index contributed by atoms with van der Waals surface area (Å²) in [6.45, 7) is 9.20. The van der Waals surface area contributed by atoms with E-state index in [-0.39, 0.29) is 6.10 Å². The van der Waals surface area contributed by atoms with Crippen molar-refractivity contribution < 1.29 is 4.74 Å². The Morgan fingerprint density at radius 3 is 2.47 bits per heavy atom. The molecule has 0 saturated carbocycles. The molecule has 3 nitrogen and oxygen atoms in total. The summed E-state index contributed by atoms with van der Waals surface area (Å²) in [5, 5.41) is 0. The number of nitrogens with two attached hydrogens (primary N) is 1. The van der Waals surface area contributed by atoms with Crippen LogP contribution >= 0.6 is 0 Å². The van der Waals surface area contributed by atoms with E-state index in [0.29, 0.717) is 6.54 Å². The van der Waals surface area contributed by atoms with Gasteiger partial charge in [0.1, 0.15) is 0 Å². The van der Waals surface area contributed by atoms with E-state index in [4.69, 9.17) is 10.5 Å². The quantitative estimate of drug-likeness (QED) is 0.728. The van der Waals surface area contributed by atoms with Gasteiger partial charge in [-0.1, -0.05) is 13.3 Å². The minimum absolute atomic E-state index is 0.230. The minimum Gasteiger partial charge on any atom is -0.376 e. The SMILES string of the molecule is CCOC(CN)CN1CCC(CC)CC1. The fourth-order valence-corrected chi connectivity index (χ4v) is 2.30. The van der Waals surface area contributed by atoms with Crippen LogP contribution in [0.5, 0.6) is 0 Å². The summed E-state index contributed by atoms with van der Waals surface area (Å²) in [4.78, 5) is 2.50. The molecule has 1 unspecified atom stereocenters. The molecule has 3 heteroatoms. The number of rotatable bonds is 6. The van der Waals surface area contributed by atoms with Crippen LogP contribution in [0.15, 0.2) is 0 Å². The highest BCUT2D eigenvalue weighted by Crippen LogP contribution is 2.19. The van der Waals surface area contributed by atoms with Crippen LogP contribution in [0, 0.1) is 5.92 Å². The largest absolute Gasteiger partial charge is 0.376 e. The lowest BCUT2D eigenvalue weighted by Gasteiger charge is -2.33. The van der Waals surface area contributed by atoms with Crippen LogP contribution in [-0.2, 0) is 4.74 Å². The van der Waals surface area contributed by atoms with Crippen molar-refractivity contribution in [3.8, 4) is 0 Å². The van der Waals surface area contributed by atoms with Gasteiger partial charge in [-0.2, -0.15) is 0 Å². The van der Waals surface area contributed by atoms with Gasteiger partial charge < -0.3 is 15.4 Å². The Kier molecular flexibility index (Phi) is 6.22. The van der Waals surface area contributed by atoms with Crippen LogP contribution in [-0.4, -0.2) is 43.8 Å². The first kappa shape index (κ1) is 12.9. The fourth-order valence-electron chi connectivity index (χ4n) is 2.30. The van der Waals surface area contributed by atoms with Gasteiger partial charge in [-0.05, 0) is 38.8 Å². The molecule has 1 aliphatic heterocycles. The average molecular weight is 214 g/mol. The molecule has 0 aromatic carbocycles. The molecule has 0 aromatic rings. The van der Waals surface area contributed by atoms with Crippen molar-refractivity contribution in [2.75, 3.05) is 32.8 Å². The van der Waals surface area contributed by atoms with Gasteiger partial charge in [0.25, 0.3) is 0 Å². The van der Waals surface area contributed by atoms with Gasteiger partial charge in [-0.3, -0.25) is 0 Å². The number of piperidine rings is 1. The first-order chi connectivity index (χ1) is 7.30. The molecule has 0 bridgehead atoms. The molecular weight excluding hydrogens is 188 g/mol. The Bertz CT molecular complexity index is 156. The van der Waals surface area contributed by atoms with Gasteiger partial charge in [-0.25, -0.2) is 0 Å². The highest BCUT2D eigenvalue weighted by Gasteiger charge is 2.20. The monoisotopic (exact) mass is 214 g/mol. The highest BCUT2D eigenvalue weighted by molar-refractivity contribution is 4.74. The molecule has 1 fully saturated rings. The van der Waals surface area contributed by atoms with Crippen LogP contribution < -0.4 is 5.73 Å². The summed E-state index contributed by atoms with van der Waals surface area (Å²) in [7, 11) is 0. The van der Waals surface area contributed by atoms with E-state index in [1.54, 1.807) is 0 Å². The third-order valence-electron chi connectivity index (χ3n) is 3.41. The predicted molar refractivity (Wildman–Crippen MR) is 63.9 cm³/mol. The van der Waals surface area contributed by atoms with Gasteiger partial charge in [0, 0.05) is 19.7 Å². The predicted octanol–water partition coefficient (Wildman–Crippen LogP) is 1.47. The van der Waals surface area contributed by atoms with Crippen molar-refractivity contribution >= 4 is 0 Å². The third-order valence-corrected chi connectivity index (χ3v) is 3.41. The topological polar surface area (TPSA) is 38.5 Å². The minimum atomic E-state index is 0.230. The van der Waals surface area contributed by atoms with Gasteiger partial charge in [0.2, 0.25) is 0 Å². The van der Waals surface area contributed by atoms with Gasteiger partial charge >= 0.3 is 0 Å². The van der Waals surface area contributed by atoms with Crippen molar-refractivity contribution in [2.45, 2.75) is 39.2 Å². The molecule has 1 aliphatic rings. The Morgan fingerprint density at radius 2 is 2.00 bits per heavy atom. The maximum Gasteiger partial charge on any atom is 0.0823 e. The molecule has 15 heavy (non-hydrogen) atoms. The smallest absolute Gasteiger partial charge is 0.0823 e. The van der Waals surface area contributed by atoms with Gasteiger partial charge in [0.15, 0.2) is 0 Å². The summed E-state index contributed by atoms with van der Waals surface area (Å²) in [6.07, 6.45) is 4.26. The van der Waals surface area contributed by atoms with E-state index in [1.807, 2.05) is 6.92 Å². The lowest BCUT2D eigenvalue weighted by atomic mass is 9.94. The maximum atomic E-state index is 5.68. The normalized spacial score (nSPS) is 21.8. The van der Waals surface area contributed by atoms with Crippen molar-refractivity contribution in [3.63, 3.8) is 0 Å². The number of hydrogen-bond donors (Lipinski definition) is 1. The number of ether oxygens (including phenoxy) is 1. The van der Waals surface area contributed by atoms with E-state index in [0.717, 1.165) is 19.1 Å². The van der Waals surface area contributed by atoms with Crippen LogP contribution in [0.3, 0.4) is 0 Å². The molecule has 90 valence electrons. The van der Waals surface area contributed by atoms with Crippen LogP contribution in [0.4, 0.5) is 0 Å². The van der Waals surface area contributed by atoms with E-state index in [1.165, 1.54) is 32.4 Å². The zero-order valence-electron chi connectivity index (χ0n) is 10.2. The Labute approximate surface area is 94.0 Å². The van der Waals surface area contributed by atoms with Crippen LogP contribution in [0.2, 0.25) is 0 Å². The molecule has 1 atom stereocenters. The first-order valence-electron chi connectivity index (χ1n) is 6.34.